The van der Waals surface area contributed by atoms with Crippen LogP contribution in [0.15, 0.2) is 48.5 Å². The fourth-order valence-corrected chi connectivity index (χ4v) is 4.98. The average Bonchev–Trinajstić information content (AvgIpc) is 3.63. The Balaban J connectivity index is 1.33. The lowest BCUT2D eigenvalue weighted by Crippen LogP contribution is -2.44. The van der Waals surface area contributed by atoms with Gasteiger partial charge in [0.1, 0.15) is 12.6 Å². The van der Waals surface area contributed by atoms with E-state index in [2.05, 4.69) is 29.6 Å². The van der Waals surface area contributed by atoms with Crippen molar-refractivity contribution in [3.8, 4) is 11.1 Å². The molecule has 0 aliphatic heterocycles. The Hall–Kier alpha value is -3.35. The minimum absolute atomic E-state index is 0.00502. The van der Waals surface area contributed by atoms with E-state index < -0.39 is 18.1 Å². The monoisotopic (exact) mass is 464 g/mol. The van der Waals surface area contributed by atoms with E-state index >= 15 is 0 Å². The highest BCUT2D eigenvalue weighted by atomic mass is 16.5. The highest BCUT2D eigenvalue weighted by Crippen LogP contribution is 2.44. The predicted octanol–water partition coefficient (Wildman–Crippen LogP) is 4.26. The zero-order valence-corrected chi connectivity index (χ0v) is 19.7. The van der Waals surface area contributed by atoms with E-state index in [-0.39, 0.29) is 30.8 Å². The molecule has 4 rings (SSSR count). The third kappa shape index (κ3) is 5.08. The van der Waals surface area contributed by atoms with Crippen LogP contribution < -0.4 is 5.32 Å². The molecule has 2 aromatic carbocycles. The number of benzene rings is 2. The molecule has 0 radical (unpaired) electrons. The number of carboxylic acids is 1. The Morgan fingerprint density at radius 2 is 1.65 bits per heavy atom. The number of carboxylic acid groups (broad SMARTS) is 1. The van der Waals surface area contributed by atoms with Gasteiger partial charge in [0, 0.05) is 25.4 Å². The molecular weight excluding hydrogens is 432 g/mol. The molecule has 0 heterocycles. The van der Waals surface area contributed by atoms with Gasteiger partial charge in [0.2, 0.25) is 5.91 Å². The van der Waals surface area contributed by atoms with Crippen LogP contribution in [0.1, 0.15) is 50.2 Å². The minimum Gasteiger partial charge on any atom is -0.480 e. The van der Waals surface area contributed by atoms with Crippen LogP contribution >= 0.6 is 0 Å². The maximum absolute atomic E-state index is 12.8. The summed E-state index contributed by atoms with van der Waals surface area (Å²) in [5.41, 5.74) is 4.67. The zero-order valence-electron chi connectivity index (χ0n) is 19.7. The van der Waals surface area contributed by atoms with E-state index in [1.54, 1.807) is 6.92 Å². The Kier molecular flexibility index (Phi) is 7.20. The lowest BCUT2D eigenvalue weighted by molar-refractivity contribution is -0.149. The average molecular weight is 465 g/mol. The summed E-state index contributed by atoms with van der Waals surface area (Å²) in [6.07, 6.45) is 1.77. The smallest absolute Gasteiger partial charge is 0.407 e. The maximum atomic E-state index is 12.8. The minimum atomic E-state index is -1.02. The first kappa shape index (κ1) is 23.8. The number of amides is 2. The molecule has 7 heteroatoms. The lowest BCUT2D eigenvalue weighted by Gasteiger charge is -2.27. The molecule has 2 N–H and O–H groups in total. The van der Waals surface area contributed by atoms with Gasteiger partial charge < -0.3 is 20.1 Å². The second-order valence-electron chi connectivity index (χ2n) is 9.20. The predicted molar refractivity (Wildman–Crippen MR) is 128 cm³/mol. The molecular formula is C27H32N2O5. The number of alkyl carbamates (subject to hydrolysis) is 1. The first-order valence-corrected chi connectivity index (χ1v) is 12.0. The van der Waals surface area contributed by atoms with Gasteiger partial charge in [-0.2, -0.15) is 0 Å². The second-order valence-corrected chi connectivity index (χ2v) is 9.20. The molecule has 180 valence electrons. The fraction of sp³-hybridized carbons (Fsp3) is 0.444. The quantitative estimate of drug-likeness (QED) is 0.548. The number of aliphatic carboxylic acids is 1. The molecule has 34 heavy (non-hydrogen) atoms. The molecule has 2 amide bonds. The zero-order chi connectivity index (χ0) is 24.2. The van der Waals surface area contributed by atoms with Crippen molar-refractivity contribution in [3.05, 3.63) is 59.7 Å². The summed E-state index contributed by atoms with van der Waals surface area (Å²) in [6, 6.07) is 15.5. The molecule has 2 aromatic rings. The summed E-state index contributed by atoms with van der Waals surface area (Å²) in [7, 11) is 0. The van der Waals surface area contributed by atoms with Crippen LogP contribution in [0.4, 0.5) is 4.79 Å². The summed E-state index contributed by atoms with van der Waals surface area (Å²) < 4.78 is 5.61. The summed E-state index contributed by atoms with van der Waals surface area (Å²) in [5.74, 6) is -0.868. The summed E-state index contributed by atoms with van der Waals surface area (Å²) in [6.45, 7) is 4.21. The number of hydrogen-bond donors (Lipinski definition) is 2. The van der Waals surface area contributed by atoms with Crippen LogP contribution in [-0.2, 0) is 14.3 Å². The second kappa shape index (κ2) is 10.3. The Morgan fingerprint density at radius 3 is 2.18 bits per heavy atom. The van der Waals surface area contributed by atoms with Crippen LogP contribution in [0.3, 0.4) is 0 Å². The van der Waals surface area contributed by atoms with Gasteiger partial charge in [-0.25, -0.2) is 9.59 Å². The summed E-state index contributed by atoms with van der Waals surface area (Å²) in [5, 5.41) is 12.1. The molecule has 0 spiro atoms. The van der Waals surface area contributed by atoms with E-state index in [0.29, 0.717) is 19.0 Å². The number of carbonyl (C=O) groups is 3. The van der Waals surface area contributed by atoms with E-state index in [1.165, 1.54) is 23.0 Å². The van der Waals surface area contributed by atoms with Crippen molar-refractivity contribution in [2.75, 3.05) is 19.7 Å². The molecule has 0 bridgehead atoms. The summed E-state index contributed by atoms with van der Waals surface area (Å²) in [4.78, 5) is 38.0. The van der Waals surface area contributed by atoms with Gasteiger partial charge >= 0.3 is 12.1 Å². The van der Waals surface area contributed by atoms with Crippen LogP contribution in [0, 0.1) is 11.8 Å². The van der Waals surface area contributed by atoms with Crippen molar-refractivity contribution in [1.29, 1.82) is 0 Å². The standard InChI is InChI=1S/C27H32N2O5/c1-3-29(17(2)26(31)32)25(30)14-19(18-12-13-18)15-28-27(33)34-16-24-22-10-6-4-8-20(22)21-9-5-7-11-23(21)24/h4-11,17-19,24H,3,12-16H2,1-2H3,(H,28,33)(H,31,32). The van der Waals surface area contributed by atoms with Crippen LogP contribution in [-0.4, -0.2) is 53.7 Å². The van der Waals surface area contributed by atoms with Crippen molar-refractivity contribution in [1.82, 2.24) is 10.2 Å². The highest BCUT2D eigenvalue weighted by molar-refractivity contribution is 5.83. The molecule has 2 atom stereocenters. The highest BCUT2D eigenvalue weighted by Gasteiger charge is 2.35. The number of likely N-dealkylation sites (N-methyl/N-ethyl adjacent to an activating group) is 1. The number of ether oxygens (including phenoxy) is 1. The fourth-order valence-electron chi connectivity index (χ4n) is 4.98. The van der Waals surface area contributed by atoms with E-state index in [0.717, 1.165) is 24.0 Å². The van der Waals surface area contributed by atoms with Gasteiger partial charge in [-0.1, -0.05) is 48.5 Å². The Morgan fingerprint density at radius 1 is 1.06 bits per heavy atom. The topological polar surface area (TPSA) is 95.9 Å². The van der Waals surface area contributed by atoms with Crippen molar-refractivity contribution < 1.29 is 24.2 Å². The first-order chi connectivity index (χ1) is 16.4. The number of nitrogens with zero attached hydrogens (tertiary/aromatic N) is 1. The molecule has 2 unspecified atom stereocenters. The third-order valence-corrected chi connectivity index (χ3v) is 7.06. The first-order valence-electron chi connectivity index (χ1n) is 12.0. The van der Waals surface area contributed by atoms with Crippen LogP contribution in [0.25, 0.3) is 11.1 Å². The van der Waals surface area contributed by atoms with Gasteiger partial charge in [0.05, 0.1) is 0 Å². The van der Waals surface area contributed by atoms with Crippen molar-refractivity contribution >= 4 is 18.0 Å². The van der Waals surface area contributed by atoms with Gasteiger partial charge in [-0.15, -0.1) is 0 Å². The Labute approximate surface area is 200 Å². The number of nitrogens with one attached hydrogen (secondary N) is 1. The number of hydrogen-bond acceptors (Lipinski definition) is 4. The van der Waals surface area contributed by atoms with Gasteiger partial charge in [-0.3, -0.25) is 4.79 Å². The van der Waals surface area contributed by atoms with Crippen molar-refractivity contribution in [2.45, 2.75) is 45.1 Å². The van der Waals surface area contributed by atoms with Crippen molar-refractivity contribution in [2.24, 2.45) is 11.8 Å². The normalized spacial score (nSPS) is 16.2. The van der Waals surface area contributed by atoms with Crippen LogP contribution in [0.2, 0.25) is 0 Å². The molecule has 2 aliphatic carbocycles. The van der Waals surface area contributed by atoms with E-state index in [9.17, 15) is 19.5 Å². The lowest BCUT2D eigenvalue weighted by atomic mass is 9.98. The number of carbonyl (C=O) groups excluding carboxylic acids is 2. The molecule has 0 saturated heterocycles. The SMILES string of the molecule is CCN(C(=O)CC(CNC(=O)OCC1c2ccccc2-c2ccccc21)C1CC1)C(C)C(=O)O. The van der Waals surface area contributed by atoms with Crippen LogP contribution in [0.5, 0.6) is 0 Å². The van der Waals surface area contributed by atoms with Gasteiger partial charge in [0.15, 0.2) is 0 Å². The molecule has 2 aliphatic rings. The van der Waals surface area contributed by atoms with Gasteiger partial charge in [-0.05, 0) is 60.8 Å². The van der Waals surface area contributed by atoms with E-state index in [1.807, 2.05) is 24.3 Å². The molecule has 1 fully saturated rings. The maximum Gasteiger partial charge on any atom is 0.407 e. The molecule has 7 nitrogen and oxygen atoms in total. The molecule has 1 saturated carbocycles. The number of rotatable bonds is 10. The van der Waals surface area contributed by atoms with Crippen molar-refractivity contribution in [3.63, 3.8) is 0 Å². The van der Waals surface area contributed by atoms with E-state index in [4.69, 9.17) is 4.74 Å². The largest absolute Gasteiger partial charge is 0.480 e. The number of fused-ring (bicyclic) bond motifs is 3. The Bertz CT molecular complexity index is 1020. The van der Waals surface area contributed by atoms with Gasteiger partial charge in [0.25, 0.3) is 0 Å². The molecule has 0 aromatic heterocycles. The third-order valence-electron chi connectivity index (χ3n) is 7.06. The summed E-state index contributed by atoms with van der Waals surface area (Å²) >= 11 is 0.